The minimum absolute atomic E-state index is 0.347. The van der Waals surface area contributed by atoms with E-state index in [2.05, 4.69) is 17.6 Å². The number of hydrogen-bond donors (Lipinski definition) is 2. The van der Waals surface area contributed by atoms with Crippen molar-refractivity contribution in [3.63, 3.8) is 0 Å². The summed E-state index contributed by atoms with van der Waals surface area (Å²) in [6.07, 6.45) is 1.90. The van der Waals surface area contributed by atoms with Crippen LogP contribution in [0.4, 0.5) is 10.5 Å². The van der Waals surface area contributed by atoms with Crippen LogP contribution in [0.2, 0.25) is 0 Å². The third-order valence-electron chi connectivity index (χ3n) is 5.42. The van der Waals surface area contributed by atoms with E-state index in [4.69, 9.17) is 9.47 Å². The van der Waals surface area contributed by atoms with Gasteiger partial charge in [0.1, 0.15) is 23.4 Å². The summed E-state index contributed by atoms with van der Waals surface area (Å²) in [4.78, 5) is 41.2. The molecule has 2 N–H and O–H groups in total. The highest BCUT2D eigenvalue weighted by Crippen LogP contribution is 2.25. The topological polar surface area (TPSA) is 97.0 Å². The largest absolute Gasteiger partial charge is 0.497 e. The van der Waals surface area contributed by atoms with E-state index in [1.54, 1.807) is 64.0 Å². The lowest BCUT2D eigenvalue weighted by atomic mass is 10.0. The van der Waals surface area contributed by atoms with E-state index >= 15 is 0 Å². The van der Waals surface area contributed by atoms with Crippen molar-refractivity contribution in [1.29, 1.82) is 0 Å². The summed E-state index contributed by atoms with van der Waals surface area (Å²) in [6, 6.07) is 14.4. The summed E-state index contributed by atoms with van der Waals surface area (Å²) >= 11 is 0. The van der Waals surface area contributed by atoms with Crippen LogP contribution in [0.25, 0.3) is 0 Å². The maximum atomic E-state index is 13.7. The van der Waals surface area contributed by atoms with Gasteiger partial charge in [-0.3, -0.25) is 9.59 Å². The molecular formula is C28H39N3O5. The van der Waals surface area contributed by atoms with Crippen LogP contribution < -0.4 is 15.4 Å². The first-order chi connectivity index (χ1) is 17.1. The molecule has 196 valence electrons. The minimum atomic E-state index is -0.888. The van der Waals surface area contributed by atoms with Crippen LogP contribution in [-0.2, 0) is 14.3 Å². The number of hydrogen-bond acceptors (Lipinski definition) is 5. The molecule has 0 bridgehead atoms. The number of benzene rings is 2. The van der Waals surface area contributed by atoms with Crippen LogP contribution in [0.1, 0.15) is 65.5 Å². The molecule has 0 fully saturated rings. The maximum Gasteiger partial charge on any atom is 0.408 e. The molecule has 2 aromatic carbocycles. The Labute approximate surface area is 214 Å². The van der Waals surface area contributed by atoms with Gasteiger partial charge in [0.25, 0.3) is 5.91 Å². The SMILES string of the molecule is CCCCCN(C(=O)C(C)NC(=O)OC(C)(C)C)C(C(=O)Nc1ccc(OC)cc1)c1ccccc1. The van der Waals surface area contributed by atoms with Crippen molar-refractivity contribution in [2.24, 2.45) is 0 Å². The number of rotatable bonds is 11. The van der Waals surface area contributed by atoms with Crippen LogP contribution in [0.3, 0.4) is 0 Å². The summed E-state index contributed by atoms with van der Waals surface area (Å²) in [5.74, 6) is -0.0394. The molecule has 0 aliphatic rings. The van der Waals surface area contributed by atoms with Gasteiger partial charge in [-0.2, -0.15) is 0 Å². The van der Waals surface area contributed by atoms with Gasteiger partial charge < -0.3 is 25.0 Å². The Kier molecular flexibility index (Phi) is 10.8. The summed E-state index contributed by atoms with van der Waals surface area (Å²) in [5, 5.41) is 5.54. The summed E-state index contributed by atoms with van der Waals surface area (Å²) in [6.45, 7) is 9.30. The van der Waals surface area contributed by atoms with Crippen molar-refractivity contribution in [2.75, 3.05) is 19.0 Å². The summed E-state index contributed by atoms with van der Waals surface area (Å²) in [7, 11) is 1.57. The number of methoxy groups -OCH3 is 1. The normalized spacial score (nSPS) is 12.7. The van der Waals surface area contributed by atoms with E-state index in [0.717, 1.165) is 19.3 Å². The van der Waals surface area contributed by atoms with Crippen LogP contribution in [0.15, 0.2) is 54.6 Å². The Morgan fingerprint density at radius 3 is 2.17 bits per heavy atom. The van der Waals surface area contributed by atoms with E-state index < -0.39 is 23.8 Å². The second-order valence-electron chi connectivity index (χ2n) is 9.64. The first-order valence-electron chi connectivity index (χ1n) is 12.4. The number of anilines is 1. The number of alkyl carbamates (subject to hydrolysis) is 1. The van der Waals surface area contributed by atoms with Crippen LogP contribution in [-0.4, -0.2) is 48.1 Å². The number of ether oxygens (including phenoxy) is 2. The van der Waals surface area contributed by atoms with Crippen molar-refractivity contribution in [1.82, 2.24) is 10.2 Å². The molecule has 36 heavy (non-hydrogen) atoms. The van der Waals surface area contributed by atoms with Crippen molar-refractivity contribution in [3.8, 4) is 5.75 Å². The number of amides is 3. The molecule has 3 amide bonds. The van der Waals surface area contributed by atoms with Crippen LogP contribution in [0, 0.1) is 0 Å². The molecule has 0 saturated heterocycles. The molecule has 0 heterocycles. The van der Waals surface area contributed by atoms with Gasteiger partial charge in [-0.25, -0.2) is 4.79 Å². The Bertz CT molecular complexity index is 986. The van der Waals surface area contributed by atoms with Gasteiger partial charge >= 0.3 is 6.09 Å². The highest BCUT2D eigenvalue weighted by Gasteiger charge is 2.34. The molecule has 8 heteroatoms. The fraction of sp³-hybridized carbons (Fsp3) is 0.464. The van der Waals surface area contributed by atoms with Gasteiger partial charge in [-0.05, 0) is 63.9 Å². The van der Waals surface area contributed by atoms with Gasteiger partial charge in [0.05, 0.1) is 7.11 Å². The molecule has 0 aliphatic heterocycles. The smallest absolute Gasteiger partial charge is 0.408 e. The lowest BCUT2D eigenvalue weighted by molar-refractivity contribution is -0.140. The molecular weight excluding hydrogens is 458 g/mol. The fourth-order valence-electron chi connectivity index (χ4n) is 3.69. The minimum Gasteiger partial charge on any atom is -0.497 e. The van der Waals surface area contributed by atoms with E-state index in [1.807, 2.05) is 30.3 Å². The van der Waals surface area contributed by atoms with Crippen molar-refractivity contribution < 1.29 is 23.9 Å². The zero-order valence-electron chi connectivity index (χ0n) is 22.2. The molecule has 0 aromatic heterocycles. The average Bonchev–Trinajstić information content (AvgIpc) is 2.83. The zero-order valence-corrected chi connectivity index (χ0v) is 22.2. The van der Waals surface area contributed by atoms with Crippen LogP contribution in [0.5, 0.6) is 5.75 Å². The Hall–Kier alpha value is -3.55. The van der Waals surface area contributed by atoms with Gasteiger partial charge in [0.2, 0.25) is 5.91 Å². The number of nitrogens with zero attached hydrogens (tertiary/aromatic N) is 1. The standard InChI is InChI=1S/C28H39N3O5/c1-7-8-12-19-31(26(33)20(2)29-27(34)36-28(3,4)5)24(21-13-10-9-11-14-21)25(32)30-22-15-17-23(35-6)18-16-22/h9-11,13-18,20,24H,7-8,12,19H2,1-6H3,(H,29,34)(H,30,32). The molecule has 2 unspecified atom stereocenters. The number of carbonyl (C=O) groups is 3. The predicted octanol–water partition coefficient (Wildman–Crippen LogP) is 5.31. The Morgan fingerprint density at radius 1 is 0.972 bits per heavy atom. The molecule has 0 spiro atoms. The maximum absolute atomic E-state index is 13.7. The summed E-state index contributed by atoms with van der Waals surface area (Å²) < 4.78 is 10.5. The van der Waals surface area contributed by atoms with E-state index in [9.17, 15) is 14.4 Å². The molecule has 0 saturated carbocycles. The van der Waals surface area contributed by atoms with E-state index in [1.165, 1.54) is 0 Å². The van der Waals surface area contributed by atoms with Crippen LogP contribution >= 0.6 is 0 Å². The molecule has 0 radical (unpaired) electrons. The third kappa shape index (κ3) is 8.91. The Morgan fingerprint density at radius 2 is 1.61 bits per heavy atom. The Balaban J connectivity index is 2.36. The highest BCUT2D eigenvalue weighted by atomic mass is 16.6. The molecule has 0 aliphatic carbocycles. The highest BCUT2D eigenvalue weighted by molar-refractivity contribution is 5.99. The summed E-state index contributed by atoms with van der Waals surface area (Å²) in [5.41, 5.74) is 0.568. The lowest BCUT2D eigenvalue weighted by Crippen LogP contribution is -2.51. The fourth-order valence-corrected chi connectivity index (χ4v) is 3.69. The van der Waals surface area contributed by atoms with Crippen molar-refractivity contribution in [2.45, 2.75) is 71.6 Å². The number of carbonyl (C=O) groups excluding carboxylic acids is 3. The lowest BCUT2D eigenvalue weighted by Gasteiger charge is -2.33. The van der Waals surface area contributed by atoms with E-state index in [-0.39, 0.29) is 11.8 Å². The number of nitrogens with one attached hydrogen (secondary N) is 2. The van der Waals surface area contributed by atoms with Gasteiger partial charge in [-0.15, -0.1) is 0 Å². The van der Waals surface area contributed by atoms with Gasteiger partial charge in [0.15, 0.2) is 0 Å². The van der Waals surface area contributed by atoms with Gasteiger partial charge in [-0.1, -0.05) is 50.1 Å². The van der Waals surface area contributed by atoms with Gasteiger partial charge in [0, 0.05) is 12.2 Å². The first-order valence-corrected chi connectivity index (χ1v) is 12.4. The quantitative estimate of drug-likeness (QED) is 0.410. The second kappa shape index (κ2) is 13.5. The average molecular weight is 498 g/mol. The van der Waals surface area contributed by atoms with Crippen molar-refractivity contribution >= 4 is 23.6 Å². The first kappa shape index (κ1) is 28.7. The predicted molar refractivity (Wildman–Crippen MR) is 141 cm³/mol. The molecule has 2 atom stereocenters. The zero-order chi connectivity index (χ0) is 26.7. The second-order valence-corrected chi connectivity index (χ2v) is 9.64. The third-order valence-corrected chi connectivity index (χ3v) is 5.42. The molecule has 2 rings (SSSR count). The molecule has 8 nitrogen and oxygen atoms in total. The number of unbranched alkanes of at least 4 members (excludes halogenated alkanes) is 2. The van der Waals surface area contributed by atoms with Crippen molar-refractivity contribution in [3.05, 3.63) is 60.2 Å². The monoisotopic (exact) mass is 497 g/mol. The van der Waals surface area contributed by atoms with E-state index in [0.29, 0.717) is 23.5 Å². The molecule has 2 aromatic rings.